The van der Waals surface area contributed by atoms with Crippen LogP contribution < -0.4 is 14.1 Å². The Hall–Kier alpha value is -3.39. The Morgan fingerprint density at radius 3 is 1.59 bits per heavy atom. The first-order chi connectivity index (χ1) is 18.1. The number of nitrogens with one attached hydrogen (secondary N) is 1. The second kappa shape index (κ2) is 8.87. The number of rotatable bonds is 3. The first-order valence-electron chi connectivity index (χ1n) is 12.4. The molecule has 0 saturated heterocycles. The summed E-state index contributed by atoms with van der Waals surface area (Å²) < 4.78 is 13.6. The van der Waals surface area contributed by atoms with Gasteiger partial charge in [-0.3, -0.25) is 0 Å². The van der Waals surface area contributed by atoms with Gasteiger partial charge in [-0.15, -0.1) is 0 Å². The van der Waals surface area contributed by atoms with Gasteiger partial charge in [-0.1, -0.05) is 0 Å². The normalized spacial score (nSPS) is 14.8. The molecule has 1 aliphatic rings. The maximum absolute atomic E-state index is 6.81. The van der Waals surface area contributed by atoms with E-state index >= 15 is 0 Å². The monoisotopic (exact) mass is 565 g/mol. The first kappa shape index (κ1) is 22.8. The summed E-state index contributed by atoms with van der Waals surface area (Å²) in [6.07, 6.45) is -2.70. The zero-order valence-electron chi connectivity index (χ0n) is 20.2. The third kappa shape index (κ3) is 3.89. The van der Waals surface area contributed by atoms with E-state index in [1.165, 1.54) is 27.1 Å². The van der Waals surface area contributed by atoms with Crippen LogP contribution >= 0.6 is 6.11 Å². The summed E-state index contributed by atoms with van der Waals surface area (Å²) in [5, 5.41) is 10.8. The molecule has 0 bridgehead atoms. The quantitative estimate of drug-likeness (QED) is 0.172. The fourth-order valence-corrected chi connectivity index (χ4v) is 9.02. The van der Waals surface area contributed by atoms with Crippen LogP contribution in [0.2, 0.25) is 0 Å². The Kier molecular flexibility index (Phi) is 5.46. The fourth-order valence-electron chi connectivity index (χ4n) is 5.44. The van der Waals surface area contributed by atoms with Crippen molar-refractivity contribution in [2.45, 2.75) is 13.0 Å². The van der Waals surface area contributed by atoms with Crippen LogP contribution in [-0.4, -0.2) is 15.1 Å². The molecule has 3 nitrogen and oxygen atoms in total. The Labute approximate surface area is 223 Å². The molecular formula is C32H24NO2PSe. The van der Waals surface area contributed by atoms with Crippen molar-refractivity contribution in [3.63, 3.8) is 0 Å². The van der Waals surface area contributed by atoms with Crippen molar-refractivity contribution in [2.75, 3.05) is 0 Å². The Morgan fingerprint density at radius 1 is 0.568 bits per heavy atom. The van der Waals surface area contributed by atoms with Gasteiger partial charge in [0.1, 0.15) is 0 Å². The molecule has 0 spiro atoms. The average Bonchev–Trinajstić information content (AvgIpc) is 3.06. The van der Waals surface area contributed by atoms with Crippen molar-refractivity contribution >= 4 is 53.5 Å². The van der Waals surface area contributed by atoms with Gasteiger partial charge in [-0.05, 0) is 0 Å². The van der Waals surface area contributed by atoms with Gasteiger partial charge in [0.05, 0.1) is 0 Å². The zero-order valence-corrected chi connectivity index (χ0v) is 22.8. The van der Waals surface area contributed by atoms with Crippen molar-refractivity contribution in [2.24, 2.45) is 0 Å². The molecule has 180 valence electrons. The molecule has 1 atom stereocenters. The van der Waals surface area contributed by atoms with Gasteiger partial charge in [0.2, 0.25) is 0 Å². The topological polar surface area (TPSA) is 30.5 Å². The SMILES string of the molecule is CC(NP1(=[Se])Oc2ccc3ccccc3c2-c2c(ccc3ccccc23)O1)c1cccc2ccccc12. The second-order valence-electron chi connectivity index (χ2n) is 9.42. The molecule has 0 fully saturated rings. The molecule has 0 aromatic heterocycles. The van der Waals surface area contributed by atoms with Crippen LogP contribution in [0.1, 0.15) is 18.5 Å². The van der Waals surface area contributed by atoms with Gasteiger partial charge < -0.3 is 0 Å². The van der Waals surface area contributed by atoms with Crippen LogP contribution in [0.15, 0.2) is 115 Å². The average molecular weight is 564 g/mol. The molecule has 0 aliphatic carbocycles. The standard InChI is InChI=1S/C32H24NO2PSe/c1-21(25-16-8-12-22-9-2-5-13-26(22)25)33-36(37)34-29-19-17-23-10-3-6-14-27(23)31(29)32-28-15-7-4-11-24(28)18-20-30(32)35-36/h2-21H,1H3,(H,33,37). The van der Waals surface area contributed by atoms with Gasteiger partial charge in [0.25, 0.3) is 0 Å². The summed E-state index contributed by atoms with van der Waals surface area (Å²) in [5.41, 5.74) is 3.35. The van der Waals surface area contributed by atoms with Gasteiger partial charge in [-0.25, -0.2) is 0 Å². The van der Waals surface area contributed by atoms with Gasteiger partial charge in [-0.2, -0.15) is 0 Å². The molecule has 0 saturated carbocycles. The van der Waals surface area contributed by atoms with Crippen molar-refractivity contribution < 1.29 is 9.05 Å². The minimum absolute atomic E-state index is 0.00778. The summed E-state index contributed by atoms with van der Waals surface area (Å²) in [6, 6.07) is 40.3. The van der Waals surface area contributed by atoms with Crippen molar-refractivity contribution in [3.05, 3.63) is 121 Å². The Balaban J connectivity index is 1.42. The van der Waals surface area contributed by atoms with E-state index in [1.54, 1.807) is 0 Å². The zero-order chi connectivity index (χ0) is 25.0. The van der Waals surface area contributed by atoms with Crippen LogP contribution in [-0.2, 0) is 0 Å². The van der Waals surface area contributed by atoms with E-state index in [9.17, 15) is 0 Å². The van der Waals surface area contributed by atoms with Crippen LogP contribution in [0.25, 0.3) is 43.4 Å². The van der Waals surface area contributed by atoms with Crippen LogP contribution in [0.5, 0.6) is 11.5 Å². The van der Waals surface area contributed by atoms with Crippen molar-refractivity contribution in [3.8, 4) is 22.6 Å². The molecule has 6 aromatic carbocycles. The second-order valence-corrected chi connectivity index (χ2v) is 14.1. The first-order valence-corrected chi connectivity index (χ1v) is 16.2. The van der Waals surface area contributed by atoms with Crippen molar-refractivity contribution in [1.82, 2.24) is 5.09 Å². The van der Waals surface area contributed by atoms with Gasteiger partial charge in [0, 0.05) is 0 Å². The summed E-state index contributed by atoms with van der Waals surface area (Å²) in [4.78, 5) is 0. The van der Waals surface area contributed by atoms with E-state index in [0.29, 0.717) is 0 Å². The molecule has 5 heteroatoms. The Morgan fingerprint density at radius 2 is 1.03 bits per heavy atom. The van der Waals surface area contributed by atoms with E-state index < -0.39 is 6.11 Å². The molecule has 0 amide bonds. The van der Waals surface area contributed by atoms with Gasteiger partial charge in [0.15, 0.2) is 0 Å². The van der Waals surface area contributed by atoms with Crippen LogP contribution in [0.3, 0.4) is 0 Å². The van der Waals surface area contributed by atoms with Crippen LogP contribution in [0, 0.1) is 0 Å². The van der Waals surface area contributed by atoms with Crippen molar-refractivity contribution in [1.29, 1.82) is 0 Å². The number of hydrogen-bond acceptors (Lipinski definition) is 3. The number of benzene rings is 6. The van der Waals surface area contributed by atoms with E-state index in [1.807, 2.05) is 0 Å². The summed E-state index contributed by atoms with van der Waals surface area (Å²) >= 11 is 3.31. The Bertz CT molecular complexity index is 1790. The molecule has 1 aliphatic heterocycles. The molecule has 0 radical (unpaired) electrons. The summed E-state index contributed by atoms with van der Waals surface area (Å²) in [5.74, 6) is 1.64. The number of fused-ring (bicyclic) bond motifs is 8. The molecule has 37 heavy (non-hydrogen) atoms. The van der Waals surface area contributed by atoms with E-state index in [-0.39, 0.29) is 6.04 Å². The van der Waals surface area contributed by atoms with E-state index in [2.05, 4.69) is 142 Å². The van der Waals surface area contributed by atoms with E-state index in [4.69, 9.17) is 9.05 Å². The third-order valence-corrected chi connectivity index (χ3v) is 10.3. The van der Waals surface area contributed by atoms with E-state index in [0.717, 1.165) is 33.4 Å². The molecule has 6 aromatic rings. The fraction of sp³-hybridized carbons (Fsp3) is 0.0625. The molecule has 1 heterocycles. The summed E-state index contributed by atoms with van der Waals surface area (Å²) in [7, 11) is 0. The maximum atomic E-state index is 6.81. The minimum atomic E-state index is -2.70. The summed E-state index contributed by atoms with van der Waals surface area (Å²) in [6.45, 7) is 2.17. The molecule has 7 rings (SSSR count). The predicted octanol–water partition coefficient (Wildman–Crippen LogP) is 8.78. The molecule has 1 unspecified atom stereocenters. The molecular weight excluding hydrogens is 540 g/mol. The predicted molar refractivity (Wildman–Crippen MR) is 156 cm³/mol. The molecule has 1 N–H and O–H groups in total. The third-order valence-electron chi connectivity index (χ3n) is 7.11. The van der Waals surface area contributed by atoms with Crippen LogP contribution in [0.4, 0.5) is 0 Å². The van der Waals surface area contributed by atoms with Gasteiger partial charge >= 0.3 is 224 Å². The number of hydrogen-bond donors (Lipinski definition) is 1.